The van der Waals surface area contributed by atoms with Crippen LogP contribution in [0.2, 0.25) is 15.1 Å². The lowest BCUT2D eigenvalue weighted by Crippen LogP contribution is -2.50. The van der Waals surface area contributed by atoms with Crippen molar-refractivity contribution in [1.29, 1.82) is 0 Å². The summed E-state index contributed by atoms with van der Waals surface area (Å²) in [5.74, 6) is 0.404. The summed E-state index contributed by atoms with van der Waals surface area (Å²) in [7, 11) is 0. The molecular formula is C18H17Cl3N2O2. The van der Waals surface area contributed by atoms with Gasteiger partial charge in [-0.25, -0.2) is 0 Å². The molecule has 1 amide bonds. The molecule has 2 aromatic carbocycles. The molecular weight excluding hydrogens is 383 g/mol. The number of anilines is 1. The minimum absolute atomic E-state index is 0.0394. The van der Waals surface area contributed by atoms with Crippen molar-refractivity contribution < 1.29 is 9.53 Å². The fourth-order valence-electron chi connectivity index (χ4n) is 2.69. The number of hydrogen-bond acceptors (Lipinski definition) is 3. The van der Waals surface area contributed by atoms with Crippen LogP contribution in [0.5, 0.6) is 5.75 Å². The number of benzene rings is 2. The highest BCUT2D eigenvalue weighted by atomic mass is 35.5. The van der Waals surface area contributed by atoms with Gasteiger partial charge in [0.1, 0.15) is 5.75 Å². The molecule has 0 saturated carbocycles. The molecule has 0 radical (unpaired) electrons. The number of amides is 1. The monoisotopic (exact) mass is 398 g/mol. The lowest BCUT2D eigenvalue weighted by molar-refractivity contribution is -0.133. The summed E-state index contributed by atoms with van der Waals surface area (Å²) < 4.78 is 5.52. The molecule has 4 nitrogen and oxygen atoms in total. The molecule has 3 rings (SSSR count). The van der Waals surface area contributed by atoms with Gasteiger partial charge in [-0.15, -0.1) is 0 Å². The minimum atomic E-state index is -0.0539. The van der Waals surface area contributed by atoms with Crippen LogP contribution in [0, 0.1) is 0 Å². The average Bonchev–Trinajstić information content (AvgIpc) is 2.61. The second kappa shape index (κ2) is 8.17. The van der Waals surface area contributed by atoms with Crippen LogP contribution in [-0.2, 0) is 4.79 Å². The van der Waals surface area contributed by atoms with Gasteiger partial charge in [-0.3, -0.25) is 4.79 Å². The standard InChI is InChI=1S/C18H17Cl3N2O2/c19-13-1-4-15(5-2-13)22-7-9-23(10-8-22)18(24)12-25-17-6-3-14(20)11-16(17)21/h1-6,11H,7-10,12H2. The molecule has 0 spiro atoms. The summed E-state index contributed by atoms with van der Waals surface area (Å²) >= 11 is 17.8. The molecule has 25 heavy (non-hydrogen) atoms. The number of rotatable bonds is 4. The zero-order chi connectivity index (χ0) is 17.8. The third kappa shape index (κ3) is 4.72. The van der Waals surface area contributed by atoms with Crippen LogP contribution in [0.4, 0.5) is 5.69 Å². The van der Waals surface area contributed by atoms with Crippen LogP contribution in [0.15, 0.2) is 42.5 Å². The van der Waals surface area contributed by atoms with E-state index in [1.54, 1.807) is 23.1 Å². The predicted molar refractivity (Wildman–Crippen MR) is 102 cm³/mol. The van der Waals surface area contributed by atoms with Crippen LogP contribution in [0.25, 0.3) is 0 Å². The highest BCUT2D eigenvalue weighted by molar-refractivity contribution is 6.35. The first-order valence-electron chi connectivity index (χ1n) is 7.89. The van der Waals surface area contributed by atoms with Gasteiger partial charge < -0.3 is 14.5 Å². The number of carbonyl (C=O) groups excluding carboxylic acids is 1. The molecule has 1 fully saturated rings. The van der Waals surface area contributed by atoms with E-state index in [2.05, 4.69) is 4.90 Å². The Bertz CT molecular complexity index is 744. The topological polar surface area (TPSA) is 32.8 Å². The van der Waals surface area contributed by atoms with Crippen LogP contribution in [0.1, 0.15) is 0 Å². The van der Waals surface area contributed by atoms with Crippen LogP contribution >= 0.6 is 34.8 Å². The first kappa shape index (κ1) is 18.2. The molecule has 0 atom stereocenters. The van der Waals surface area contributed by atoms with E-state index in [1.807, 2.05) is 24.3 Å². The molecule has 0 unspecified atom stereocenters. The first-order chi connectivity index (χ1) is 12.0. The first-order valence-corrected chi connectivity index (χ1v) is 9.02. The number of carbonyl (C=O) groups is 1. The third-order valence-electron chi connectivity index (χ3n) is 4.07. The molecule has 0 bridgehead atoms. The maximum absolute atomic E-state index is 12.3. The quantitative estimate of drug-likeness (QED) is 0.765. The Balaban J connectivity index is 1.50. The van der Waals surface area contributed by atoms with Crippen molar-refractivity contribution in [3.63, 3.8) is 0 Å². The second-order valence-corrected chi connectivity index (χ2v) is 6.99. The highest BCUT2D eigenvalue weighted by Gasteiger charge is 2.21. The molecule has 0 aliphatic carbocycles. The zero-order valence-corrected chi connectivity index (χ0v) is 15.7. The Morgan fingerprint density at radius 1 is 0.920 bits per heavy atom. The van der Waals surface area contributed by atoms with Gasteiger partial charge in [-0.1, -0.05) is 34.8 Å². The predicted octanol–water partition coefficient (Wildman–Crippen LogP) is 4.37. The zero-order valence-electron chi connectivity index (χ0n) is 13.4. The van der Waals surface area contributed by atoms with Crippen molar-refractivity contribution in [2.75, 3.05) is 37.7 Å². The van der Waals surface area contributed by atoms with Crippen molar-refractivity contribution in [3.8, 4) is 5.75 Å². The normalized spacial score (nSPS) is 14.5. The number of hydrogen-bond donors (Lipinski definition) is 0. The van der Waals surface area contributed by atoms with Gasteiger partial charge in [-0.05, 0) is 42.5 Å². The Labute approximate surface area is 161 Å². The Kier molecular flexibility index (Phi) is 5.94. The average molecular weight is 400 g/mol. The summed E-state index contributed by atoms with van der Waals surface area (Å²) in [5.41, 5.74) is 1.11. The van der Waals surface area contributed by atoms with Gasteiger partial charge in [0, 0.05) is 41.9 Å². The molecule has 1 heterocycles. The van der Waals surface area contributed by atoms with Gasteiger partial charge in [0.2, 0.25) is 0 Å². The lowest BCUT2D eigenvalue weighted by Gasteiger charge is -2.36. The van der Waals surface area contributed by atoms with E-state index in [0.717, 1.165) is 23.8 Å². The highest BCUT2D eigenvalue weighted by Crippen LogP contribution is 2.27. The molecule has 0 aromatic heterocycles. The lowest BCUT2D eigenvalue weighted by atomic mass is 10.2. The third-order valence-corrected chi connectivity index (χ3v) is 4.85. The summed E-state index contributed by atoms with van der Waals surface area (Å²) in [4.78, 5) is 16.4. The largest absolute Gasteiger partial charge is 0.482 e. The SMILES string of the molecule is O=C(COc1ccc(Cl)cc1Cl)N1CCN(c2ccc(Cl)cc2)CC1. The van der Waals surface area contributed by atoms with Crippen molar-refractivity contribution in [1.82, 2.24) is 4.90 Å². The number of halogens is 3. The van der Waals surface area contributed by atoms with Crippen LogP contribution < -0.4 is 9.64 Å². The van der Waals surface area contributed by atoms with Crippen LogP contribution in [-0.4, -0.2) is 43.6 Å². The molecule has 1 saturated heterocycles. The van der Waals surface area contributed by atoms with Crippen LogP contribution in [0.3, 0.4) is 0 Å². The fourth-order valence-corrected chi connectivity index (χ4v) is 3.28. The minimum Gasteiger partial charge on any atom is -0.482 e. The molecule has 1 aliphatic rings. The van der Waals surface area contributed by atoms with Gasteiger partial charge >= 0.3 is 0 Å². The van der Waals surface area contributed by atoms with Gasteiger partial charge in [0.25, 0.3) is 5.91 Å². The molecule has 7 heteroatoms. The molecule has 132 valence electrons. The number of piperazine rings is 1. The second-order valence-electron chi connectivity index (χ2n) is 5.71. The van der Waals surface area contributed by atoms with E-state index in [1.165, 1.54) is 0 Å². The summed E-state index contributed by atoms with van der Waals surface area (Å²) in [6.07, 6.45) is 0. The van der Waals surface area contributed by atoms with E-state index in [-0.39, 0.29) is 12.5 Å². The Morgan fingerprint density at radius 3 is 2.20 bits per heavy atom. The van der Waals surface area contributed by atoms with Gasteiger partial charge in [0.05, 0.1) is 5.02 Å². The van der Waals surface area contributed by atoms with E-state index in [4.69, 9.17) is 39.5 Å². The number of ether oxygens (including phenoxy) is 1. The summed E-state index contributed by atoms with van der Waals surface area (Å²) in [6.45, 7) is 2.81. The Hall–Kier alpha value is -1.62. The van der Waals surface area contributed by atoms with Crippen molar-refractivity contribution in [2.24, 2.45) is 0 Å². The Morgan fingerprint density at radius 2 is 1.56 bits per heavy atom. The van der Waals surface area contributed by atoms with E-state index >= 15 is 0 Å². The maximum Gasteiger partial charge on any atom is 0.260 e. The van der Waals surface area contributed by atoms with Gasteiger partial charge in [0.15, 0.2) is 6.61 Å². The fraction of sp³-hybridized carbons (Fsp3) is 0.278. The summed E-state index contributed by atoms with van der Waals surface area (Å²) in [5, 5.41) is 1.64. The van der Waals surface area contributed by atoms with E-state index in [0.29, 0.717) is 28.9 Å². The molecule has 0 N–H and O–H groups in total. The van der Waals surface area contributed by atoms with Crippen molar-refractivity contribution in [2.45, 2.75) is 0 Å². The summed E-state index contributed by atoms with van der Waals surface area (Å²) in [6, 6.07) is 12.7. The number of nitrogens with zero attached hydrogens (tertiary/aromatic N) is 2. The van der Waals surface area contributed by atoms with E-state index < -0.39 is 0 Å². The van der Waals surface area contributed by atoms with Gasteiger partial charge in [-0.2, -0.15) is 0 Å². The maximum atomic E-state index is 12.3. The van der Waals surface area contributed by atoms with E-state index in [9.17, 15) is 4.79 Å². The molecule has 1 aliphatic heterocycles. The molecule has 2 aromatic rings. The van der Waals surface area contributed by atoms with Crippen molar-refractivity contribution >= 4 is 46.4 Å². The van der Waals surface area contributed by atoms with Crippen molar-refractivity contribution in [3.05, 3.63) is 57.5 Å². The smallest absolute Gasteiger partial charge is 0.260 e.